The highest BCUT2D eigenvalue weighted by Gasteiger charge is 2.11. The van der Waals surface area contributed by atoms with Gasteiger partial charge in [0.1, 0.15) is 5.82 Å². The lowest BCUT2D eigenvalue weighted by atomic mass is 10.1. The molecule has 1 heterocycles. The van der Waals surface area contributed by atoms with E-state index in [2.05, 4.69) is 29.1 Å². The van der Waals surface area contributed by atoms with E-state index >= 15 is 0 Å². The number of hydrogen-bond donors (Lipinski definition) is 2. The van der Waals surface area contributed by atoms with E-state index in [0.29, 0.717) is 6.54 Å². The van der Waals surface area contributed by atoms with Crippen LogP contribution in [0.5, 0.6) is 0 Å². The van der Waals surface area contributed by atoms with Gasteiger partial charge in [-0.1, -0.05) is 13.3 Å². The molecule has 1 aromatic rings. The molecule has 0 amide bonds. The van der Waals surface area contributed by atoms with E-state index in [-0.39, 0.29) is 12.1 Å². The van der Waals surface area contributed by atoms with E-state index in [0.717, 1.165) is 29.9 Å². The van der Waals surface area contributed by atoms with Gasteiger partial charge in [-0.3, -0.25) is 0 Å². The van der Waals surface area contributed by atoms with Crippen LogP contribution in [0.3, 0.4) is 0 Å². The minimum atomic E-state index is -0.269. The van der Waals surface area contributed by atoms with Crippen LogP contribution in [-0.4, -0.2) is 27.7 Å². The average molecular weight is 237 g/mol. The first kappa shape index (κ1) is 14.1. The Balaban J connectivity index is 2.54. The normalized spacial score (nSPS) is 14.6. The Morgan fingerprint density at radius 2 is 2.12 bits per heavy atom. The maximum Gasteiger partial charge on any atom is 0.125 e. The molecule has 17 heavy (non-hydrogen) atoms. The Labute approximate surface area is 103 Å². The molecule has 0 saturated carbocycles. The van der Waals surface area contributed by atoms with Crippen LogP contribution < -0.4 is 5.32 Å². The molecule has 0 fully saturated rings. The highest BCUT2D eigenvalue weighted by Crippen LogP contribution is 2.14. The monoisotopic (exact) mass is 237 g/mol. The second-order valence-corrected chi connectivity index (χ2v) is 4.53. The number of nitrogens with zero attached hydrogens (tertiary/aromatic N) is 2. The van der Waals surface area contributed by atoms with E-state index in [1.807, 2.05) is 20.0 Å². The SMILES string of the molecule is CCCC(O)CNC(C)c1cnc(C)nc1C. The van der Waals surface area contributed by atoms with Crippen molar-refractivity contribution in [2.24, 2.45) is 0 Å². The first-order valence-electron chi connectivity index (χ1n) is 6.26. The second-order valence-electron chi connectivity index (χ2n) is 4.53. The Morgan fingerprint density at radius 3 is 2.71 bits per heavy atom. The topological polar surface area (TPSA) is 58.0 Å². The standard InChI is InChI=1S/C13H23N3O/c1-5-6-12(17)7-14-9(2)13-8-15-11(4)16-10(13)3/h8-9,12,14,17H,5-7H2,1-4H3. The summed E-state index contributed by atoms with van der Waals surface area (Å²) in [4.78, 5) is 8.56. The summed E-state index contributed by atoms with van der Waals surface area (Å²) in [6, 6.07) is 0.169. The van der Waals surface area contributed by atoms with Crippen molar-refractivity contribution >= 4 is 0 Å². The quantitative estimate of drug-likeness (QED) is 0.793. The number of rotatable bonds is 6. The van der Waals surface area contributed by atoms with Gasteiger partial charge in [0.15, 0.2) is 0 Å². The fraction of sp³-hybridized carbons (Fsp3) is 0.692. The number of nitrogens with one attached hydrogen (secondary N) is 1. The van der Waals surface area contributed by atoms with Crippen molar-refractivity contribution < 1.29 is 5.11 Å². The summed E-state index contributed by atoms with van der Waals surface area (Å²) in [7, 11) is 0. The molecule has 0 spiro atoms. The zero-order valence-electron chi connectivity index (χ0n) is 11.2. The smallest absolute Gasteiger partial charge is 0.125 e. The summed E-state index contributed by atoms with van der Waals surface area (Å²) < 4.78 is 0. The molecule has 0 aliphatic rings. The third-order valence-corrected chi connectivity index (χ3v) is 2.89. The summed E-state index contributed by atoms with van der Waals surface area (Å²) in [5.41, 5.74) is 2.10. The largest absolute Gasteiger partial charge is 0.392 e. The van der Waals surface area contributed by atoms with Gasteiger partial charge in [0, 0.05) is 30.0 Å². The molecule has 2 unspecified atom stereocenters. The van der Waals surface area contributed by atoms with Crippen molar-refractivity contribution in [3.63, 3.8) is 0 Å². The predicted molar refractivity (Wildman–Crippen MR) is 68.8 cm³/mol. The molecule has 0 bridgehead atoms. The lowest BCUT2D eigenvalue weighted by molar-refractivity contribution is 0.157. The van der Waals surface area contributed by atoms with Crippen LogP contribution in [0.15, 0.2) is 6.20 Å². The maximum atomic E-state index is 9.66. The van der Waals surface area contributed by atoms with Gasteiger partial charge in [-0.15, -0.1) is 0 Å². The van der Waals surface area contributed by atoms with Crippen molar-refractivity contribution in [2.75, 3.05) is 6.54 Å². The van der Waals surface area contributed by atoms with Crippen LogP contribution in [0.2, 0.25) is 0 Å². The van der Waals surface area contributed by atoms with Gasteiger partial charge in [0.25, 0.3) is 0 Å². The molecule has 0 aliphatic heterocycles. The van der Waals surface area contributed by atoms with Gasteiger partial charge >= 0.3 is 0 Å². The van der Waals surface area contributed by atoms with Crippen molar-refractivity contribution in [1.29, 1.82) is 0 Å². The van der Waals surface area contributed by atoms with E-state index < -0.39 is 0 Å². The van der Waals surface area contributed by atoms with Crippen molar-refractivity contribution in [3.05, 3.63) is 23.3 Å². The molecule has 4 nitrogen and oxygen atoms in total. The summed E-state index contributed by atoms with van der Waals surface area (Å²) in [6.45, 7) is 8.64. The minimum absolute atomic E-state index is 0.169. The van der Waals surface area contributed by atoms with E-state index in [4.69, 9.17) is 0 Å². The molecular weight excluding hydrogens is 214 g/mol. The summed E-state index contributed by atoms with van der Waals surface area (Å²) in [5.74, 6) is 0.796. The second kappa shape index (κ2) is 6.67. The Bertz CT molecular complexity index is 355. The van der Waals surface area contributed by atoms with Gasteiger partial charge in [-0.05, 0) is 27.2 Å². The molecule has 4 heteroatoms. The Kier molecular flexibility index (Phi) is 5.51. The fourth-order valence-corrected chi connectivity index (χ4v) is 1.88. The number of aryl methyl sites for hydroxylation is 2. The third-order valence-electron chi connectivity index (χ3n) is 2.89. The van der Waals surface area contributed by atoms with Gasteiger partial charge in [0.05, 0.1) is 6.10 Å². The number of aliphatic hydroxyl groups excluding tert-OH is 1. The zero-order chi connectivity index (χ0) is 12.8. The van der Waals surface area contributed by atoms with Gasteiger partial charge in [-0.25, -0.2) is 9.97 Å². The lowest BCUT2D eigenvalue weighted by Gasteiger charge is -2.18. The first-order chi connectivity index (χ1) is 8.04. The van der Waals surface area contributed by atoms with Crippen molar-refractivity contribution in [1.82, 2.24) is 15.3 Å². The molecule has 0 aliphatic carbocycles. The number of aromatic nitrogens is 2. The first-order valence-corrected chi connectivity index (χ1v) is 6.26. The summed E-state index contributed by atoms with van der Waals surface area (Å²) in [6.07, 6.45) is 3.43. The van der Waals surface area contributed by atoms with Gasteiger partial charge in [-0.2, -0.15) is 0 Å². The van der Waals surface area contributed by atoms with Crippen LogP contribution in [0.1, 0.15) is 49.8 Å². The molecule has 1 rings (SSSR count). The lowest BCUT2D eigenvalue weighted by Crippen LogP contribution is -2.29. The Hall–Kier alpha value is -1.00. The van der Waals surface area contributed by atoms with Crippen molar-refractivity contribution in [2.45, 2.75) is 52.7 Å². The van der Waals surface area contributed by atoms with Crippen LogP contribution in [0.25, 0.3) is 0 Å². The maximum absolute atomic E-state index is 9.66. The number of hydrogen-bond acceptors (Lipinski definition) is 4. The Morgan fingerprint density at radius 1 is 1.41 bits per heavy atom. The average Bonchev–Trinajstić information content (AvgIpc) is 2.26. The molecule has 0 radical (unpaired) electrons. The molecule has 2 atom stereocenters. The van der Waals surface area contributed by atoms with Crippen LogP contribution in [-0.2, 0) is 0 Å². The van der Waals surface area contributed by atoms with Crippen molar-refractivity contribution in [3.8, 4) is 0 Å². The van der Waals surface area contributed by atoms with Crippen LogP contribution >= 0.6 is 0 Å². The predicted octanol–water partition coefficient (Wildman–Crippen LogP) is 1.91. The molecule has 2 N–H and O–H groups in total. The third kappa shape index (κ3) is 4.40. The van der Waals surface area contributed by atoms with E-state index in [9.17, 15) is 5.11 Å². The summed E-state index contributed by atoms with van der Waals surface area (Å²) >= 11 is 0. The van der Waals surface area contributed by atoms with E-state index in [1.165, 1.54) is 0 Å². The highest BCUT2D eigenvalue weighted by molar-refractivity contribution is 5.19. The highest BCUT2D eigenvalue weighted by atomic mass is 16.3. The number of aliphatic hydroxyl groups is 1. The molecular formula is C13H23N3O. The van der Waals surface area contributed by atoms with Gasteiger partial charge in [0.2, 0.25) is 0 Å². The van der Waals surface area contributed by atoms with Gasteiger partial charge < -0.3 is 10.4 Å². The molecule has 0 aromatic carbocycles. The summed E-state index contributed by atoms with van der Waals surface area (Å²) in [5, 5.41) is 13.0. The van der Waals surface area contributed by atoms with E-state index in [1.54, 1.807) is 0 Å². The minimum Gasteiger partial charge on any atom is -0.392 e. The molecule has 96 valence electrons. The van der Waals surface area contributed by atoms with Crippen LogP contribution in [0, 0.1) is 13.8 Å². The molecule has 1 aromatic heterocycles. The zero-order valence-corrected chi connectivity index (χ0v) is 11.2. The fourth-order valence-electron chi connectivity index (χ4n) is 1.88. The molecule has 0 saturated heterocycles. The van der Waals surface area contributed by atoms with Crippen LogP contribution in [0.4, 0.5) is 0 Å².